The Balaban J connectivity index is 2.96. The summed E-state index contributed by atoms with van der Waals surface area (Å²) in [5.41, 5.74) is 0. The molecule has 0 rings (SSSR count). The molecule has 0 aliphatic rings. The van der Waals surface area contributed by atoms with Crippen LogP contribution in [-0.4, -0.2) is 6.61 Å². The third-order valence-electron chi connectivity index (χ3n) is 4.35. The number of hydrogen-bond acceptors (Lipinski definition) is 7. The first-order chi connectivity index (χ1) is 13.4. The first kappa shape index (κ1) is 26.3. The van der Waals surface area contributed by atoms with Gasteiger partial charge in [-0.2, -0.15) is 0 Å². The van der Waals surface area contributed by atoms with Crippen molar-refractivity contribution >= 4 is 0 Å². The largest absolute Gasteiger partial charge is 0.315 e. The third kappa shape index (κ3) is 25.3. The maximum absolute atomic E-state index is 4.72. The lowest BCUT2D eigenvalue weighted by Crippen LogP contribution is -2.01. The highest BCUT2D eigenvalue weighted by molar-refractivity contribution is 4.49. The highest BCUT2D eigenvalue weighted by Crippen LogP contribution is 2.13. The molecule has 0 aromatic heterocycles. The predicted octanol–water partition coefficient (Wildman–Crippen LogP) is 7.00. The van der Waals surface area contributed by atoms with Crippen LogP contribution in [0.2, 0.25) is 0 Å². The van der Waals surface area contributed by atoms with Crippen LogP contribution >= 0.6 is 0 Å². The topological polar surface area (TPSA) is 64.6 Å². The van der Waals surface area contributed by atoms with Crippen LogP contribution < -0.4 is 0 Å². The molecule has 0 aliphatic carbocycles. The van der Waals surface area contributed by atoms with Crippen molar-refractivity contribution in [2.45, 2.75) is 110 Å². The molecule has 0 spiro atoms. The lowest BCUT2D eigenvalue weighted by molar-refractivity contribution is -0.786. The molecule has 162 valence electrons. The molecule has 0 heterocycles. The van der Waals surface area contributed by atoms with Crippen molar-refractivity contribution < 1.29 is 35.0 Å². The Morgan fingerprint density at radius 1 is 0.519 bits per heavy atom. The molecule has 0 aromatic carbocycles. The van der Waals surface area contributed by atoms with Gasteiger partial charge in [0.1, 0.15) is 6.26 Å². The van der Waals surface area contributed by atoms with Crippen molar-refractivity contribution in [2.75, 3.05) is 6.61 Å². The molecule has 0 atom stereocenters. The molecule has 0 fully saturated rings. The summed E-state index contributed by atoms with van der Waals surface area (Å²) in [7, 11) is 0. The quantitative estimate of drug-likeness (QED) is 0.0758. The highest BCUT2D eigenvalue weighted by atomic mass is 17.9. The zero-order valence-corrected chi connectivity index (χ0v) is 17.2. The molecule has 0 saturated carbocycles. The summed E-state index contributed by atoms with van der Waals surface area (Å²) >= 11 is 0. The summed E-state index contributed by atoms with van der Waals surface area (Å²) < 4.78 is 0. The zero-order valence-electron chi connectivity index (χ0n) is 17.2. The van der Waals surface area contributed by atoms with Gasteiger partial charge in [-0.1, -0.05) is 110 Å². The number of rotatable bonds is 24. The van der Waals surface area contributed by atoms with E-state index in [2.05, 4.69) is 43.6 Å². The van der Waals surface area contributed by atoms with Gasteiger partial charge in [-0.3, -0.25) is 0 Å². The van der Waals surface area contributed by atoms with E-state index in [0.29, 0.717) is 6.61 Å². The monoisotopic (exact) mass is 392 g/mol. The summed E-state index contributed by atoms with van der Waals surface area (Å²) in [5, 5.41) is 20.0. The van der Waals surface area contributed by atoms with Crippen molar-refractivity contribution in [3.8, 4) is 0 Å². The van der Waals surface area contributed by atoms with E-state index in [9.17, 15) is 0 Å². The molecule has 7 nitrogen and oxygen atoms in total. The fraction of sp³-hybridized carbons (Fsp3) is 0.900. The van der Waals surface area contributed by atoms with Gasteiger partial charge in [0.05, 0.1) is 6.61 Å². The summed E-state index contributed by atoms with van der Waals surface area (Å²) in [6, 6.07) is 0. The van der Waals surface area contributed by atoms with Gasteiger partial charge in [0.25, 0.3) is 0 Å². The first-order valence-corrected chi connectivity index (χ1v) is 10.6. The third-order valence-corrected chi connectivity index (χ3v) is 4.35. The molecule has 0 unspecified atom stereocenters. The van der Waals surface area contributed by atoms with Gasteiger partial charge in [0, 0.05) is 15.1 Å². The van der Waals surface area contributed by atoms with Crippen LogP contribution in [-0.2, 0) is 35.0 Å². The average molecular weight is 393 g/mol. The summed E-state index contributed by atoms with van der Waals surface area (Å²) in [6.45, 7) is 5.90. The smallest absolute Gasteiger partial charge is 0.125 e. The Morgan fingerprint density at radius 3 is 1.41 bits per heavy atom. The fourth-order valence-corrected chi connectivity index (χ4v) is 2.84. The molecule has 0 radical (unpaired) electrons. The highest BCUT2D eigenvalue weighted by Gasteiger charge is 1.96. The van der Waals surface area contributed by atoms with Gasteiger partial charge >= 0.3 is 0 Å². The van der Waals surface area contributed by atoms with Gasteiger partial charge in [0.2, 0.25) is 0 Å². The Bertz CT molecular complexity index is 277. The zero-order chi connectivity index (χ0) is 19.7. The molecule has 7 heteroatoms. The molecule has 0 N–H and O–H groups in total. The standard InChI is InChI=1S/C20H40O7/c1-3-5-6-7-8-9-10-11-12-13-14-15-16-17-18-19-20-22-24-26-27-25-23-21-4-2/h4H,2-3,5-20H2,1H3. The Labute approximate surface area is 164 Å². The number of unbranched alkanes of at least 4 members (excludes halogenated alkanes) is 15. The summed E-state index contributed by atoms with van der Waals surface area (Å²) in [5.74, 6) is 0. The van der Waals surface area contributed by atoms with Gasteiger partial charge in [-0.05, 0) is 16.5 Å². The van der Waals surface area contributed by atoms with Gasteiger partial charge < -0.3 is 4.89 Å². The fourth-order valence-electron chi connectivity index (χ4n) is 2.84. The Morgan fingerprint density at radius 2 is 0.926 bits per heavy atom. The second-order valence-corrected chi connectivity index (χ2v) is 6.73. The maximum atomic E-state index is 4.72. The normalized spacial score (nSPS) is 11.0. The minimum atomic E-state index is 0.422. The summed E-state index contributed by atoms with van der Waals surface area (Å²) in [4.78, 5) is 8.83. The van der Waals surface area contributed by atoms with Crippen LogP contribution in [0.15, 0.2) is 12.8 Å². The van der Waals surface area contributed by atoms with Crippen LogP contribution in [0.3, 0.4) is 0 Å². The van der Waals surface area contributed by atoms with Crippen LogP contribution in [0.25, 0.3) is 0 Å². The second-order valence-electron chi connectivity index (χ2n) is 6.73. The van der Waals surface area contributed by atoms with Crippen LogP contribution in [0.4, 0.5) is 0 Å². The minimum Gasteiger partial charge on any atom is -0.315 e. The first-order valence-electron chi connectivity index (χ1n) is 10.6. The van der Waals surface area contributed by atoms with Gasteiger partial charge in [-0.15, -0.1) is 0 Å². The summed E-state index contributed by atoms with van der Waals surface area (Å²) in [6.07, 6.45) is 22.3. The van der Waals surface area contributed by atoms with Crippen LogP contribution in [0.1, 0.15) is 110 Å². The molecule has 0 aliphatic heterocycles. The van der Waals surface area contributed by atoms with Crippen LogP contribution in [0, 0.1) is 0 Å². The van der Waals surface area contributed by atoms with Crippen LogP contribution in [0.5, 0.6) is 0 Å². The van der Waals surface area contributed by atoms with Crippen molar-refractivity contribution in [2.24, 2.45) is 0 Å². The van der Waals surface area contributed by atoms with E-state index in [0.717, 1.165) is 19.1 Å². The SMILES string of the molecule is C=COOOOOOOCCCCCCCCCCCCCCCCCC. The van der Waals surface area contributed by atoms with E-state index in [1.54, 1.807) is 0 Å². The van der Waals surface area contributed by atoms with E-state index in [-0.39, 0.29) is 0 Å². The van der Waals surface area contributed by atoms with E-state index >= 15 is 0 Å². The van der Waals surface area contributed by atoms with E-state index in [1.165, 1.54) is 89.9 Å². The lowest BCUT2D eigenvalue weighted by Gasteiger charge is -2.03. The van der Waals surface area contributed by atoms with Crippen molar-refractivity contribution in [1.82, 2.24) is 0 Å². The molecular weight excluding hydrogens is 352 g/mol. The molecule has 0 bridgehead atoms. The average Bonchev–Trinajstić information content (AvgIpc) is 2.68. The van der Waals surface area contributed by atoms with E-state index < -0.39 is 0 Å². The molecule has 0 aromatic rings. The molecule has 0 amide bonds. The van der Waals surface area contributed by atoms with Gasteiger partial charge in [-0.25, -0.2) is 4.89 Å². The minimum absolute atomic E-state index is 0.422. The second kappa shape index (κ2) is 25.3. The van der Waals surface area contributed by atoms with Crippen molar-refractivity contribution in [3.63, 3.8) is 0 Å². The molecular formula is C20H40O7. The lowest BCUT2D eigenvalue weighted by atomic mass is 10.0. The Kier molecular flexibility index (Phi) is 24.6. The van der Waals surface area contributed by atoms with E-state index in [4.69, 9.17) is 4.89 Å². The van der Waals surface area contributed by atoms with Crippen molar-refractivity contribution in [3.05, 3.63) is 12.8 Å². The molecule has 27 heavy (non-hydrogen) atoms. The predicted molar refractivity (Wildman–Crippen MR) is 102 cm³/mol. The Hall–Kier alpha value is -0.700. The van der Waals surface area contributed by atoms with E-state index in [1.807, 2.05) is 0 Å². The van der Waals surface area contributed by atoms with Crippen molar-refractivity contribution in [1.29, 1.82) is 0 Å². The number of hydrogen-bond donors (Lipinski definition) is 0. The maximum Gasteiger partial charge on any atom is 0.125 e. The van der Waals surface area contributed by atoms with Gasteiger partial charge in [0.15, 0.2) is 0 Å². The molecule has 0 saturated heterocycles.